The molecule has 0 unspecified atom stereocenters. The topological polar surface area (TPSA) is 93.8 Å². The molecule has 10 nitrogen and oxygen atoms in total. The molecule has 0 bridgehead atoms. The lowest BCUT2D eigenvalue weighted by atomic mass is 9.96. The van der Waals surface area contributed by atoms with Crippen LogP contribution in [0.1, 0.15) is 57.7 Å². The van der Waals surface area contributed by atoms with Crippen molar-refractivity contribution in [3.05, 3.63) is 95.3 Å². The molecule has 0 saturated carbocycles. The fourth-order valence-electron chi connectivity index (χ4n) is 5.61. The van der Waals surface area contributed by atoms with Crippen molar-refractivity contribution in [1.82, 2.24) is 15.2 Å². The number of hydrogen-bond donors (Lipinski definition) is 2. The number of amidine groups is 1. The average molecular weight is 827 g/mol. The van der Waals surface area contributed by atoms with Gasteiger partial charge in [-0.25, -0.2) is 9.38 Å². The van der Waals surface area contributed by atoms with Gasteiger partial charge in [-0.2, -0.15) is 9.68 Å². The number of ether oxygens (including phenoxy) is 2. The van der Waals surface area contributed by atoms with Crippen molar-refractivity contribution in [2.75, 3.05) is 52.2 Å². The molecule has 4 rings (SSSR count). The van der Waals surface area contributed by atoms with Crippen LogP contribution in [0.3, 0.4) is 0 Å². The van der Waals surface area contributed by atoms with Crippen LogP contribution in [0.15, 0.2) is 82.9 Å². The molecule has 280 valence electrons. The monoisotopic (exact) mass is 826 g/mol. The second kappa shape index (κ2) is 19.5. The maximum atomic E-state index is 15.9. The molecule has 0 spiro atoms. The van der Waals surface area contributed by atoms with E-state index in [1.54, 1.807) is 36.8 Å². The number of likely N-dealkylation sites (N-methyl/N-ethyl adjacent to an activating group) is 1. The van der Waals surface area contributed by atoms with Gasteiger partial charge in [-0.1, -0.05) is 45.9 Å². The van der Waals surface area contributed by atoms with Gasteiger partial charge in [0.15, 0.2) is 13.2 Å². The smallest absolute Gasteiger partial charge is 0.248 e. The predicted octanol–water partition coefficient (Wildman–Crippen LogP) is 7.70. The van der Waals surface area contributed by atoms with Crippen LogP contribution in [0.4, 0.5) is 15.8 Å². The molecule has 2 N–H and O–H groups in total. The van der Waals surface area contributed by atoms with E-state index in [1.165, 1.54) is 6.07 Å². The molecule has 2 aliphatic rings. The highest BCUT2D eigenvalue weighted by atomic mass is 127. The molecule has 0 radical (unpaired) electrons. The molecule has 2 aromatic carbocycles. The summed E-state index contributed by atoms with van der Waals surface area (Å²) >= 11 is 0. The molecule has 12 heteroatoms. The molecule has 0 fully saturated rings. The van der Waals surface area contributed by atoms with Crippen molar-refractivity contribution in [3.63, 3.8) is 0 Å². The highest BCUT2D eigenvalue weighted by molar-refractivity contribution is 14.0. The predicted molar refractivity (Wildman–Crippen MR) is 221 cm³/mol. The zero-order valence-electron chi connectivity index (χ0n) is 31.9. The lowest BCUT2D eigenvalue weighted by Gasteiger charge is -2.29. The summed E-state index contributed by atoms with van der Waals surface area (Å²) in [6.45, 7) is 16.6. The van der Waals surface area contributed by atoms with Crippen LogP contribution in [0, 0.1) is 25.1 Å². The molecule has 1 amide bonds. The number of amides is 1. The average Bonchev–Trinajstić information content (AvgIpc) is 3.07. The molecule has 2 aliphatic heterocycles. The van der Waals surface area contributed by atoms with Gasteiger partial charge in [-0.3, -0.25) is 10.2 Å². The molecular formula is C40H54FIN7O3+. The van der Waals surface area contributed by atoms with E-state index < -0.39 is 5.82 Å². The third-order valence-electron chi connectivity index (χ3n) is 8.04. The van der Waals surface area contributed by atoms with Crippen molar-refractivity contribution in [3.8, 4) is 11.5 Å². The standard InChI is InChI=1S/C40H53FN7O3.HI/c1-10-12-18-42-39(45-33-23-29(4)35(24-32(33)41)51-31(25-40(5,6)7)17-19-44-43-11-2)37-28(3)15-16-34-38(37)50-27-30-26-47(21-22-48(30)34)36(49)14-13-20-46(8)9;/h11-19,23-25,44H,10,20-22,26-27H2,1-9H3,(H,42,45);1H/q+1;/b14-13+,18-12+,19-17-,31-25+,43-11-;. The Morgan fingerprint density at radius 1 is 1.15 bits per heavy atom. The SMILES string of the molecule is C/C=N\N/C=C\C(=C/C(C)(C)C)Oc1cc(F)c(NC(=N/C=C/CC)c2c(C)ccc3c2OCC2=[N+]3CCN(C(=O)/C=C/CN(C)C)C2)cc1C.I. The Morgan fingerprint density at radius 2 is 1.92 bits per heavy atom. The summed E-state index contributed by atoms with van der Waals surface area (Å²) in [4.78, 5) is 21.5. The summed E-state index contributed by atoms with van der Waals surface area (Å²) < 4.78 is 30.8. The Balaban J connectivity index is 0.00000729. The number of halogens is 2. The molecule has 0 atom stereocenters. The summed E-state index contributed by atoms with van der Waals surface area (Å²) in [6.07, 6.45) is 15.0. The number of nitrogens with one attached hydrogen (secondary N) is 2. The normalized spacial score (nSPS) is 15.4. The van der Waals surface area contributed by atoms with Gasteiger partial charge in [0.05, 0.1) is 17.8 Å². The summed E-state index contributed by atoms with van der Waals surface area (Å²) in [5, 5.41) is 7.27. The number of aliphatic imine (C=N–C) groups is 1. The van der Waals surface area contributed by atoms with Gasteiger partial charge in [0.25, 0.3) is 0 Å². The first-order valence-corrected chi connectivity index (χ1v) is 17.4. The first kappa shape index (κ1) is 42.1. The summed E-state index contributed by atoms with van der Waals surface area (Å²) in [7, 11) is 3.94. The minimum Gasteiger partial charge on any atom is -0.475 e. The Bertz CT molecular complexity index is 1800. The van der Waals surface area contributed by atoms with E-state index in [2.05, 4.69) is 41.2 Å². The molecule has 2 heterocycles. The van der Waals surface area contributed by atoms with E-state index in [0.717, 1.165) is 34.5 Å². The number of anilines is 1. The van der Waals surface area contributed by atoms with E-state index in [-0.39, 0.29) is 41.0 Å². The van der Waals surface area contributed by atoms with Gasteiger partial charge in [0.2, 0.25) is 23.1 Å². The maximum absolute atomic E-state index is 15.9. The second-order valence-corrected chi connectivity index (χ2v) is 13.9. The largest absolute Gasteiger partial charge is 0.475 e. The number of allylic oxidation sites excluding steroid dienone is 3. The van der Waals surface area contributed by atoms with Crippen LogP contribution in [0.5, 0.6) is 11.5 Å². The minimum atomic E-state index is -0.491. The molecule has 52 heavy (non-hydrogen) atoms. The zero-order valence-corrected chi connectivity index (χ0v) is 34.2. The van der Waals surface area contributed by atoms with Gasteiger partial charge in [0.1, 0.15) is 29.7 Å². The number of nitrogens with zero attached hydrogens (tertiary/aromatic N) is 5. The zero-order chi connectivity index (χ0) is 37.1. The van der Waals surface area contributed by atoms with Crippen LogP contribution in [0.2, 0.25) is 0 Å². The Morgan fingerprint density at radius 3 is 2.62 bits per heavy atom. The van der Waals surface area contributed by atoms with Crippen molar-refractivity contribution in [2.45, 2.75) is 54.9 Å². The first-order chi connectivity index (χ1) is 24.3. The van der Waals surface area contributed by atoms with Crippen LogP contribution in [-0.2, 0) is 4.79 Å². The number of rotatable bonds is 12. The van der Waals surface area contributed by atoms with Crippen LogP contribution in [0.25, 0.3) is 0 Å². The highest BCUT2D eigenvalue weighted by Gasteiger charge is 2.37. The second-order valence-electron chi connectivity index (χ2n) is 13.9. The van der Waals surface area contributed by atoms with E-state index in [9.17, 15) is 4.79 Å². The van der Waals surface area contributed by atoms with Crippen molar-refractivity contribution in [2.24, 2.45) is 15.5 Å². The van der Waals surface area contributed by atoms with Crippen LogP contribution >= 0.6 is 24.0 Å². The number of benzene rings is 2. The van der Waals surface area contributed by atoms with E-state index >= 15 is 4.39 Å². The molecule has 0 aliphatic carbocycles. The Kier molecular flexibility index (Phi) is 15.8. The highest BCUT2D eigenvalue weighted by Crippen LogP contribution is 2.38. The summed E-state index contributed by atoms with van der Waals surface area (Å²) in [5.74, 6) is 1.58. The number of fused-ring (bicyclic) bond motifs is 2. The van der Waals surface area contributed by atoms with Crippen LogP contribution in [-0.4, -0.2) is 84.9 Å². The lowest BCUT2D eigenvalue weighted by Crippen LogP contribution is -2.49. The van der Waals surface area contributed by atoms with Crippen molar-refractivity contribution >= 4 is 59.0 Å². The van der Waals surface area contributed by atoms with E-state index in [4.69, 9.17) is 14.5 Å². The first-order valence-electron chi connectivity index (χ1n) is 17.4. The quantitative estimate of drug-likeness (QED) is 0.0333. The fraction of sp³-hybridized carbons (Fsp3) is 0.400. The molecule has 0 aromatic heterocycles. The number of hydrazone groups is 1. The van der Waals surface area contributed by atoms with E-state index in [1.807, 2.05) is 82.0 Å². The molecule has 2 aromatic rings. The van der Waals surface area contributed by atoms with E-state index in [0.29, 0.717) is 55.9 Å². The summed E-state index contributed by atoms with van der Waals surface area (Å²) in [6, 6.07) is 7.18. The third-order valence-corrected chi connectivity index (χ3v) is 8.04. The maximum Gasteiger partial charge on any atom is 0.248 e. The van der Waals surface area contributed by atoms with Gasteiger partial charge in [-0.05, 0) is 76.0 Å². The number of aryl methyl sites for hydroxylation is 2. The Hall–Kier alpha value is -4.30. The van der Waals surface area contributed by atoms with Crippen LogP contribution < -0.4 is 20.2 Å². The number of carbonyl (C=O) groups excluding carboxylic acids is 1. The van der Waals surface area contributed by atoms with Gasteiger partial charge >= 0.3 is 0 Å². The number of carbonyl (C=O) groups is 1. The summed E-state index contributed by atoms with van der Waals surface area (Å²) in [5.41, 5.74) is 7.21. The number of hydrogen-bond acceptors (Lipinski definition) is 7. The lowest BCUT2D eigenvalue weighted by molar-refractivity contribution is -0.453. The third kappa shape index (κ3) is 11.6. The van der Waals surface area contributed by atoms with Gasteiger partial charge < -0.3 is 24.6 Å². The Labute approximate surface area is 325 Å². The molecule has 0 saturated heterocycles. The van der Waals surface area contributed by atoms with Gasteiger partial charge in [0, 0.05) is 43.4 Å². The fourth-order valence-corrected chi connectivity index (χ4v) is 5.61. The van der Waals surface area contributed by atoms with Crippen molar-refractivity contribution in [1.29, 1.82) is 0 Å². The van der Waals surface area contributed by atoms with Crippen molar-refractivity contribution < 1.29 is 23.2 Å². The molecular weight excluding hydrogens is 772 g/mol. The van der Waals surface area contributed by atoms with Gasteiger partial charge in [-0.15, -0.1) is 24.0 Å². The minimum absolute atomic E-state index is 0.